The Bertz CT molecular complexity index is 416. The summed E-state index contributed by atoms with van der Waals surface area (Å²) in [4.78, 5) is 0. The van der Waals surface area contributed by atoms with Gasteiger partial charge in [-0.2, -0.15) is 5.26 Å². The topological polar surface area (TPSA) is 49.8 Å². The molecular weight excluding hydrogens is 299 g/mol. The van der Waals surface area contributed by atoms with Crippen LogP contribution in [0.15, 0.2) is 29.8 Å². The van der Waals surface area contributed by atoms with Crippen molar-refractivity contribution in [3.8, 4) is 6.07 Å². The zero-order valence-electron chi connectivity index (χ0n) is 8.63. The molecule has 15 heavy (non-hydrogen) atoms. The molecule has 0 unspecified atom stereocenters. The van der Waals surface area contributed by atoms with E-state index in [2.05, 4.69) is 28.7 Å². The molecular formula is C12H13IN2. The molecule has 3 heteroatoms. The van der Waals surface area contributed by atoms with Crippen LogP contribution < -0.4 is 5.73 Å². The Hall–Kier alpha value is -1.02. The smallest absolute Gasteiger partial charge is 0.0968 e. The highest BCUT2D eigenvalue weighted by atomic mass is 127. The van der Waals surface area contributed by atoms with Crippen molar-refractivity contribution in [3.63, 3.8) is 0 Å². The van der Waals surface area contributed by atoms with Gasteiger partial charge in [-0.25, -0.2) is 0 Å². The van der Waals surface area contributed by atoms with Crippen molar-refractivity contribution in [2.24, 2.45) is 5.73 Å². The molecule has 2 N–H and O–H groups in total. The van der Waals surface area contributed by atoms with E-state index in [1.165, 1.54) is 0 Å². The van der Waals surface area contributed by atoms with Crippen LogP contribution in [-0.2, 0) is 0 Å². The van der Waals surface area contributed by atoms with Gasteiger partial charge in [0.05, 0.1) is 17.3 Å². The summed E-state index contributed by atoms with van der Waals surface area (Å²) >= 11 is 2.23. The molecule has 0 spiro atoms. The minimum atomic E-state index is 0.615. The number of hydrogen-bond donors (Lipinski definition) is 1. The van der Waals surface area contributed by atoms with E-state index in [4.69, 9.17) is 11.0 Å². The molecule has 0 radical (unpaired) electrons. The lowest BCUT2D eigenvalue weighted by Gasteiger charge is -2.07. The largest absolute Gasteiger partial charge is 0.397 e. The summed E-state index contributed by atoms with van der Waals surface area (Å²) in [6.07, 6.45) is 1.68. The fourth-order valence-electron chi connectivity index (χ4n) is 1.34. The molecule has 0 saturated carbocycles. The van der Waals surface area contributed by atoms with E-state index in [0.29, 0.717) is 11.3 Å². The highest BCUT2D eigenvalue weighted by Crippen LogP contribution is 2.21. The Labute approximate surface area is 104 Å². The van der Waals surface area contributed by atoms with E-state index < -0.39 is 0 Å². The molecule has 0 saturated heterocycles. The maximum absolute atomic E-state index is 8.99. The number of rotatable bonds is 3. The molecule has 0 aliphatic heterocycles. The van der Waals surface area contributed by atoms with E-state index in [9.17, 15) is 0 Å². The lowest BCUT2D eigenvalue weighted by molar-refractivity contribution is 0.928. The van der Waals surface area contributed by atoms with E-state index in [1.54, 1.807) is 0 Å². The molecule has 1 rings (SSSR count). The Morgan fingerprint density at radius 2 is 2.13 bits per heavy atom. The summed E-state index contributed by atoms with van der Waals surface area (Å²) in [5, 5.41) is 8.99. The lowest BCUT2D eigenvalue weighted by Crippen LogP contribution is -2.02. The molecule has 0 aliphatic rings. The van der Waals surface area contributed by atoms with Gasteiger partial charge in [0.25, 0.3) is 0 Å². The van der Waals surface area contributed by atoms with Crippen molar-refractivity contribution in [2.75, 3.05) is 0 Å². The molecule has 0 fully saturated rings. The summed E-state index contributed by atoms with van der Waals surface area (Å²) in [6, 6.07) is 10.0. The average Bonchev–Trinajstić information content (AvgIpc) is 2.25. The van der Waals surface area contributed by atoms with Crippen LogP contribution in [0.25, 0.3) is 5.70 Å². The van der Waals surface area contributed by atoms with Gasteiger partial charge in [0, 0.05) is 9.13 Å². The van der Waals surface area contributed by atoms with E-state index >= 15 is 0 Å². The normalized spacial score (nSPS) is 11.8. The second kappa shape index (κ2) is 5.76. The number of halogens is 1. The van der Waals surface area contributed by atoms with Gasteiger partial charge >= 0.3 is 0 Å². The maximum atomic E-state index is 8.99. The maximum Gasteiger partial charge on any atom is 0.0968 e. The predicted octanol–water partition coefficient (Wildman–Crippen LogP) is 3.28. The number of hydrogen-bond acceptors (Lipinski definition) is 2. The zero-order chi connectivity index (χ0) is 11.3. The Morgan fingerprint density at radius 3 is 2.67 bits per heavy atom. The third kappa shape index (κ3) is 2.96. The summed E-state index contributed by atoms with van der Waals surface area (Å²) in [5.74, 6) is 0. The molecule has 1 aromatic rings. The van der Waals surface area contributed by atoms with Crippen LogP contribution >= 0.6 is 22.6 Å². The second-order valence-corrected chi connectivity index (χ2v) is 4.40. The van der Waals surface area contributed by atoms with Crippen LogP contribution in [0.2, 0.25) is 0 Å². The number of nitrogens with zero attached hydrogens (tertiary/aromatic N) is 1. The molecule has 1 aromatic carbocycles. The van der Waals surface area contributed by atoms with Crippen molar-refractivity contribution >= 4 is 28.3 Å². The van der Waals surface area contributed by atoms with Crippen molar-refractivity contribution in [2.45, 2.75) is 19.8 Å². The first-order chi connectivity index (χ1) is 7.20. The third-order valence-electron chi connectivity index (χ3n) is 2.12. The minimum Gasteiger partial charge on any atom is -0.397 e. The van der Waals surface area contributed by atoms with Crippen LogP contribution in [0, 0.1) is 14.9 Å². The monoisotopic (exact) mass is 312 g/mol. The number of nitriles is 1. The molecule has 2 nitrogen and oxygen atoms in total. The minimum absolute atomic E-state index is 0.615. The Kier molecular flexibility index (Phi) is 4.63. The number of allylic oxidation sites excluding steroid dienone is 1. The van der Waals surface area contributed by atoms with Crippen LogP contribution in [0.4, 0.5) is 0 Å². The van der Waals surface area contributed by atoms with Gasteiger partial charge in [-0.3, -0.25) is 0 Å². The van der Waals surface area contributed by atoms with Crippen LogP contribution in [0.5, 0.6) is 0 Å². The molecule has 0 bridgehead atoms. The first-order valence-corrected chi connectivity index (χ1v) is 5.92. The van der Waals surface area contributed by atoms with Gasteiger partial charge in [0.2, 0.25) is 0 Å². The predicted molar refractivity (Wildman–Crippen MR) is 70.8 cm³/mol. The van der Waals surface area contributed by atoms with Gasteiger partial charge in [-0.1, -0.05) is 31.5 Å². The molecule has 0 amide bonds. The molecule has 78 valence electrons. The van der Waals surface area contributed by atoms with Crippen molar-refractivity contribution in [3.05, 3.63) is 39.0 Å². The molecule has 0 aliphatic carbocycles. The molecule has 0 heterocycles. The first kappa shape index (κ1) is 12.1. The van der Waals surface area contributed by atoms with Crippen LogP contribution in [0.1, 0.15) is 25.3 Å². The summed E-state index contributed by atoms with van der Waals surface area (Å²) in [5.41, 5.74) is 8.25. The lowest BCUT2D eigenvalue weighted by atomic mass is 10.0. The van der Waals surface area contributed by atoms with Crippen LogP contribution in [0.3, 0.4) is 0 Å². The second-order valence-electron chi connectivity index (χ2n) is 3.23. The number of benzene rings is 1. The Morgan fingerprint density at radius 1 is 1.47 bits per heavy atom. The van der Waals surface area contributed by atoms with Crippen molar-refractivity contribution in [1.82, 2.24) is 0 Å². The Balaban J connectivity index is 3.18. The van der Waals surface area contributed by atoms with E-state index in [0.717, 1.165) is 22.0 Å². The van der Waals surface area contributed by atoms with Gasteiger partial charge in [-0.05, 0) is 35.1 Å². The SMILES string of the molecule is CCC/C(C#N)=C(/N)c1ccccc1I. The van der Waals surface area contributed by atoms with Crippen LogP contribution in [-0.4, -0.2) is 0 Å². The standard InChI is InChI=1S/C12H13IN2/c1-2-5-9(8-14)12(15)10-6-3-4-7-11(10)13/h3-4,6-7H,2,5,15H2,1H3/b12-9-. The highest BCUT2D eigenvalue weighted by molar-refractivity contribution is 14.1. The average molecular weight is 312 g/mol. The van der Waals surface area contributed by atoms with Gasteiger partial charge in [-0.15, -0.1) is 0 Å². The summed E-state index contributed by atoms with van der Waals surface area (Å²) < 4.78 is 1.08. The molecule has 0 atom stereocenters. The molecule has 0 aromatic heterocycles. The van der Waals surface area contributed by atoms with E-state index in [1.807, 2.05) is 31.2 Å². The highest BCUT2D eigenvalue weighted by Gasteiger charge is 2.07. The fourth-order valence-corrected chi connectivity index (χ4v) is 2.02. The van der Waals surface area contributed by atoms with E-state index in [-0.39, 0.29) is 0 Å². The zero-order valence-corrected chi connectivity index (χ0v) is 10.8. The number of nitrogens with two attached hydrogens (primary N) is 1. The quantitative estimate of drug-likeness (QED) is 0.688. The van der Waals surface area contributed by atoms with Gasteiger partial charge < -0.3 is 5.73 Å². The fraction of sp³-hybridized carbons (Fsp3) is 0.250. The van der Waals surface area contributed by atoms with Crippen molar-refractivity contribution in [1.29, 1.82) is 5.26 Å². The summed E-state index contributed by atoms with van der Waals surface area (Å²) in [6.45, 7) is 2.04. The van der Waals surface area contributed by atoms with Crippen molar-refractivity contribution < 1.29 is 0 Å². The first-order valence-electron chi connectivity index (χ1n) is 4.84. The van der Waals surface area contributed by atoms with Gasteiger partial charge in [0.1, 0.15) is 0 Å². The third-order valence-corrected chi connectivity index (χ3v) is 3.06. The summed E-state index contributed by atoms with van der Waals surface area (Å²) in [7, 11) is 0. The van der Waals surface area contributed by atoms with Gasteiger partial charge in [0.15, 0.2) is 0 Å².